The van der Waals surface area contributed by atoms with Gasteiger partial charge >= 0.3 is 0 Å². The molecule has 0 spiro atoms. The summed E-state index contributed by atoms with van der Waals surface area (Å²) in [5.74, 6) is -1.10. The maximum absolute atomic E-state index is 13.1. The Morgan fingerprint density at radius 1 is 1.22 bits per heavy atom. The number of carbonyl (C=O) groups is 3. The van der Waals surface area contributed by atoms with Gasteiger partial charge in [0.15, 0.2) is 6.10 Å². The van der Waals surface area contributed by atoms with Gasteiger partial charge in [-0.05, 0) is 30.9 Å². The Bertz CT molecular complexity index is 742. The van der Waals surface area contributed by atoms with Crippen molar-refractivity contribution in [2.45, 2.75) is 56.7 Å². The Kier molecular flexibility index (Phi) is 5.51. The molecule has 1 aromatic carbocycles. The molecule has 1 heterocycles. The summed E-state index contributed by atoms with van der Waals surface area (Å²) in [4.78, 5) is 39.0. The standard InChI is InChI=1S/C20H27N3O4/c1-13-8-4-5-9-14(13)16-17(27-12-15(24)23(16)2)18(25)22-20(19(21)26)10-6-3-7-11-20/h4-5,8-9,16-17H,3,6-7,10-12H2,1-2H3,(H2,21,26)(H,22,25). The van der Waals surface area contributed by atoms with E-state index in [1.54, 1.807) is 11.9 Å². The van der Waals surface area contributed by atoms with Crippen molar-refractivity contribution in [1.29, 1.82) is 0 Å². The van der Waals surface area contributed by atoms with Crippen LogP contribution in [0.15, 0.2) is 24.3 Å². The molecule has 146 valence electrons. The number of hydrogen-bond donors (Lipinski definition) is 2. The van der Waals surface area contributed by atoms with Crippen LogP contribution in [0.3, 0.4) is 0 Å². The highest BCUT2D eigenvalue weighted by atomic mass is 16.5. The second kappa shape index (κ2) is 7.68. The number of nitrogens with zero attached hydrogens (tertiary/aromatic N) is 1. The molecule has 1 aromatic rings. The number of carbonyl (C=O) groups excluding carboxylic acids is 3. The molecule has 2 atom stereocenters. The monoisotopic (exact) mass is 373 g/mol. The van der Waals surface area contributed by atoms with Gasteiger partial charge in [0.05, 0.1) is 6.04 Å². The number of morpholine rings is 1. The van der Waals surface area contributed by atoms with Gasteiger partial charge in [0.25, 0.3) is 5.91 Å². The predicted octanol–water partition coefficient (Wildman–Crippen LogP) is 1.20. The summed E-state index contributed by atoms with van der Waals surface area (Å²) in [5.41, 5.74) is 6.42. The third-order valence-corrected chi connectivity index (χ3v) is 5.79. The lowest BCUT2D eigenvalue weighted by Gasteiger charge is -2.41. The summed E-state index contributed by atoms with van der Waals surface area (Å²) < 4.78 is 5.66. The summed E-state index contributed by atoms with van der Waals surface area (Å²) in [6, 6.07) is 7.05. The minimum atomic E-state index is -1.03. The molecule has 0 radical (unpaired) electrons. The van der Waals surface area contributed by atoms with Gasteiger partial charge in [0.2, 0.25) is 11.8 Å². The fourth-order valence-electron chi connectivity index (χ4n) is 4.12. The Morgan fingerprint density at radius 3 is 2.52 bits per heavy atom. The number of nitrogens with two attached hydrogens (primary N) is 1. The van der Waals surface area contributed by atoms with E-state index in [-0.39, 0.29) is 12.5 Å². The molecule has 7 heteroatoms. The molecule has 27 heavy (non-hydrogen) atoms. The summed E-state index contributed by atoms with van der Waals surface area (Å²) in [5, 5.41) is 2.88. The topological polar surface area (TPSA) is 102 Å². The number of hydrogen-bond acceptors (Lipinski definition) is 4. The first-order chi connectivity index (χ1) is 12.9. The molecule has 1 saturated heterocycles. The number of aryl methyl sites for hydroxylation is 1. The van der Waals surface area contributed by atoms with Gasteiger partial charge in [0, 0.05) is 7.05 Å². The molecule has 1 saturated carbocycles. The quantitative estimate of drug-likeness (QED) is 0.828. The van der Waals surface area contributed by atoms with E-state index in [0.717, 1.165) is 30.4 Å². The summed E-state index contributed by atoms with van der Waals surface area (Å²) >= 11 is 0. The largest absolute Gasteiger partial charge is 0.368 e. The molecule has 1 aliphatic carbocycles. The van der Waals surface area contributed by atoms with Crippen molar-refractivity contribution < 1.29 is 19.1 Å². The van der Waals surface area contributed by atoms with Crippen LogP contribution in [0.1, 0.15) is 49.3 Å². The number of rotatable bonds is 4. The van der Waals surface area contributed by atoms with E-state index >= 15 is 0 Å². The number of ether oxygens (including phenoxy) is 1. The first-order valence-electron chi connectivity index (χ1n) is 9.40. The van der Waals surface area contributed by atoms with Crippen molar-refractivity contribution in [1.82, 2.24) is 10.2 Å². The molecule has 2 unspecified atom stereocenters. The van der Waals surface area contributed by atoms with Crippen LogP contribution >= 0.6 is 0 Å². The number of benzene rings is 1. The van der Waals surface area contributed by atoms with E-state index in [0.29, 0.717) is 12.8 Å². The molecule has 1 aliphatic heterocycles. The van der Waals surface area contributed by atoms with Crippen LogP contribution in [-0.4, -0.2) is 47.9 Å². The van der Waals surface area contributed by atoms with Crippen molar-refractivity contribution in [3.8, 4) is 0 Å². The number of nitrogens with one attached hydrogen (secondary N) is 1. The molecule has 0 aromatic heterocycles. The van der Waals surface area contributed by atoms with E-state index in [4.69, 9.17) is 10.5 Å². The first kappa shape index (κ1) is 19.4. The molecule has 7 nitrogen and oxygen atoms in total. The maximum Gasteiger partial charge on any atom is 0.252 e. The predicted molar refractivity (Wildman–Crippen MR) is 99.6 cm³/mol. The Morgan fingerprint density at radius 2 is 1.89 bits per heavy atom. The molecule has 2 aliphatic rings. The van der Waals surface area contributed by atoms with Gasteiger partial charge in [-0.25, -0.2) is 0 Å². The summed E-state index contributed by atoms with van der Waals surface area (Å²) in [6.07, 6.45) is 2.87. The van der Waals surface area contributed by atoms with Crippen LogP contribution in [-0.2, 0) is 19.1 Å². The smallest absolute Gasteiger partial charge is 0.252 e. The van der Waals surface area contributed by atoms with E-state index in [9.17, 15) is 14.4 Å². The lowest BCUT2D eigenvalue weighted by atomic mass is 9.80. The number of amides is 3. The van der Waals surface area contributed by atoms with Gasteiger partial charge in [0.1, 0.15) is 12.1 Å². The third-order valence-electron chi connectivity index (χ3n) is 5.79. The van der Waals surface area contributed by atoms with Crippen molar-refractivity contribution in [3.05, 3.63) is 35.4 Å². The lowest BCUT2D eigenvalue weighted by Crippen LogP contribution is -2.62. The Balaban J connectivity index is 1.90. The fourth-order valence-corrected chi connectivity index (χ4v) is 4.12. The van der Waals surface area contributed by atoms with Gasteiger partial charge in [-0.3, -0.25) is 14.4 Å². The van der Waals surface area contributed by atoms with E-state index in [1.807, 2.05) is 31.2 Å². The third kappa shape index (κ3) is 3.69. The maximum atomic E-state index is 13.1. The molecule has 3 amide bonds. The molecular weight excluding hydrogens is 346 g/mol. The van der Waals surface area contributed by atoms with Crippen LogP contribution in [0.4, 0.5) is 0 Å². The van der Waals surface area contributed by atoms with Crippen molar-refractivity contribution in [3.63, 3.8) is 0 Å². The Labute approximate surface area is 159 Å². The minimum Gasteiger partial charge on any atom is -0.368 e. The molecule has 3 rings (SSSR count). The average Bonchev–Trinajstić information content (AvgIpc) is 2.65. The van der Waals surface area contributed by atoms with Gasteiger partial charge in [-0.15, -0.1) is 0 Å². The minimum absolute atomic E-state index is 0.166. The zero-order chi connectivity index (χ0) is 19.6. The van der Waals surface area contributed by atoms with E-state index in [2.05, 4.69) is 5.32 Å². The van der Waals surface area contributed by atoms with Crippen molar-refractivity contribution in [2.24, 2.45) is 5.73 Å². The van der Waals surface area contributed by atoms with Gasteiger partial charge in [-0.1, -0.05) is 43.5 Å². The second-order valence-electron chi connectivity index (χ2n) is 7.53. The van der Waals surface area contributed by atoms with Gasteiger partial charge in [-0.2, -0.15) is 0 Å². The molecule has 3 N–H and O–H groups in total. The zero-order valence-electron chi connectivity index (χ0n) is 15.9. The average molecular weight is 373 g/mol. The van der Waals surface area contributed by atoms with Gasteiger partial charge < -0.3 is 20.7 Å². The zero-order valence-corrected chi connectivity index (χ0v) is 15.9. The highest BCUT2D eigenvalue weighted by Gasteiger charge is 2.45. The molecule has 2 fully saturated rings. The van der Waals surface area contributed by atoms with E-state index in [1.165, 1.54) is 0 Å². The van der Waals surface area contributed by atoms with Crippen molar-refractivity contribution >= 4 is 17.7 Å². The van der Waals surface area contributed by atoms with Crippen LogP contribution in [0.2, 0.25) is 0 Å². The first-order valence-corrected chi connectivity index (χ1v) is 9.40. The van der Waals surface area contributed by atoms with Crippen LogP contribution in [0.25, 0.3) is 0 Å². The normalized spacial score (nSPS) is 25.1. The lowest BCUT2D eigenvalue weighted by molar-refractivity contribution is -0.164. The highest BCUT2D eigenvalue weighted by Crippen LogP contribution is 2.33. The SMILES string of the molecule is Cc1ccccc1C1C(C(=O)NC2(C(N)=O)CCCCC2)OCC(=O)N1C. The number of primary amides is 1. The van der Waals surface area contributed by atoms with Crippen LogP contribution < -0.4 is 11.1 Å². The molecule has 0 bridgehead atoms. The van der Waals surface area contributed by atoms with Crippen molar-refractivity contribution in [2.75, 3.05) is 13.7 Å². The molecular formula is C20H27N3O4. The highest BCUT2D eigenvalue weighted by molar-refractivity contribution is 5.93. The summed E-state index contributed by atoms with van der Waals surface area (Å²) in [7, 11) is 1.67. The van der Waals surface area contributed by atoms with Crippen LogP contribution in [0.5, 0.6) is 0 Å². The second-order valence-corrected chi connectivity index (χ2v) is 7.53. The number of likely N-dealkylation sites (N-methyl/N-ethyl adjacent to an activating group) is 1. The summed E-state index contributed by atoms with van der Waals surface area (Å²) in [6.45, 7) is 1.77. The Hall–Kier alpha value is -2.41. The fraction of sp³-hybridized carbons (Fsp3) is 0.550. The van der Waals surface area contributed by atoms with E-state index < -0.39 is 29.5 Å². The van der Waals surface area contributed by atoms with Crippen LogP contribution in [0, 0.1) is 6.92 Å².